The zero-order valence-corrected chi connectivity index (χ0v) is 14.4. The summed E-state index contributed by atoms with van der Waals surface area (Å²) in [5.41, 5.74) is 0.724. The van der Waals surface area contributed by atoms with Gasteiger partial charge in [0, 0.05) is 6.54 Å². The predicted octanol–water partition coefficient (Wildman–Crippen LogP) is 1.58. The summed E-state index contributed by atoms with van der Waals surface area (Å²) in [6.07, 6.45) is 0.549. The fraction of sp³-hybridized carbons (Fsp3) is 0.176. The summed E-state index contributed by atoms with van der Waals surface area (Å²) in [6.45, 7) is 0.102. The van der Waals surface area contributed by atoms with Gasteiger partial charge in [0.25, 0.3) is 0 Å². The maximum absolute atomic E-state index is 12.8. The lowest BCUT2D eigenvalue weighted by atomic mass is 10.1. The lowest BCUT2D eigenvalue weighted by molar-refractivity contribution is -0.121. The summed E-state index contributed by atoms with van der Waals surface area (Å²) in [5.74, 6) is -0.681. The number of hydrogen-bond donors (Lipinski definition) is 1. The van der Waals surface area contributed by atoms with E-state index in [2.05, 4.69) is 15.7 Å². The molecule has 3 rings (SSSR count). The van der Waals surface area contributed by atoms with Crippen LogP contribution in [0.2, 0.25) is 5.02 Å². The molecule has 3 aromatic rings. The lowest BCUT2D eigenvalue weighted by Crippen LogP contribution is -2.34. The van der Waals surface area contributed by atoms with Crippen LogP contribution in [0, 0.1) is 5.82 Å². The first kappa shape index (κ1) is 17.8. The molecule has 0 aliphatic rings. The van der Waals surface area contributed by atoms with Gasteiger partial charge in [0.15, 0.2) is 0 Å². The maximum atomic E-state index is 12.8. The summed E-state index contributed by atoms with van der Waals surface area (Å²) in [6, 6.07) is 12.7. The standard InChI is InChI=1S/C17H15ClFN5O2/c18-14-3-1-2-4-15(14)24-17(26)23(21-22-24)11-16(25)20-10-9-12-5-7-13(19)8-6-12/h1-8H,9-11H2,(H,20,25). The Balaban J connectivity index is 1.59. The zero-order chi connectivity index (χ0) is 18.5. The second-order valence-corrected chi connectivity index (χ2v) is 5.92. The summed E-state index contributed by atoms with van der Waals surface area (Å²) in [5, 5.41) is 10.5. The molecule has 1 amide bonds. The van der Waals surface area contributed by atoms with Gasteiger partial charge in [-0.3, -0.25) is 4.79 Å². The molecular formula is C17H15ClFN5O2. The zero-order valence-electron chi connectivity index (χ0n) is 13.6. The molecule has 7 nitrogen and oxygen atoms in total. The Labute approximate surface area is 153 Å². The molecular weight excluding hydrogens is 361 g/mol. The number of amides is 1. The number of hydrogen-bond acceptors (Lipinski definition) is 4. The third kappa shape index (κ3) is 4.15. The molecule has 0 radical (unpaired) electrons. The van der Waals surface area contributed by atoms with Gasteiger partial charge in [-0.05, 0) is 46.7 Å². The number of para-hydroxylation sites is 1. The molecule has 1 heterocycles. The predicted molar refractivity (Wildman–Crippen MR) is 93.7 cm³/mol. The molecule has 9 heteroatoms. The molecule has 134 valence electrons. The maximum Gasteiger partial charge on any atom is 0.369 e. The largest absolute Gasteiger partial charge is 0.369 e. The topological polar surface area (TPSA) is 81.8 Å². The first-order valence-corrected chi connectivity index (χ1v) is 8.21. The van der Waals surface area contributed by atoms with Gasteiger partial charge in [-0.25, -0.2) is 9.18 Å². The monoisotopic (exact) mass is 375 g/mol. The highest BCUT2D eigenvalue weighted by Gasteiger charge is 2.13. The van der Waals surface area contributed by atoms with Gasteiger partial charge >= 0.3 is 5.69 Å². The van der Waals surface area contributed by atoms with E-state index in [1.165, 1.54) is 12.1 Å². The van der Waals surface area contributed by atoms with Gasteiger partial charge in [-0.1, -0.05) is 35.9 Å². The van der Waals surface area contributed by atoms with Gasteiger partial charge in [0.05, 0.1) is 10.7 Å². The number of carbonyl (C=O) groups is 1. The van der Waals surface area contributed by atoms with Crippen molar-refractivity contribution in [1.82, 2.24) is 25.1 Å². The van der Waals surface area contributed by atoms with Crippen LogP contribution in [0.15, 0.2) is 53.3 Å². The molecule has 1 aromatic heterocycles. The fourth-order valence-corrected chi connectivity index (χ4v) is 2.55. The highest BCUT2D eigenvalue weighted by molar-refractivity contribution is 6.32. The molecule has 0 spiro atoms. The summed E-state index contributed by atoms with van der Waals surface area (Å²) in [7, 11) is 0. The minimum atomic E-state index is -0.563. The van der Waals surface area contributed by atoms with E-state index >= 15 is 0 Å². The number of nitrogens with one attached hydrogen (secondary N) is 1. The Morgan fingerprint density at radius 1 is 1.12 bits per heavy atom. The summed E-state index contributed by atoms with van der Waals surface area (Å²) < 4.78 is 14.8. The van der Waals surface area contributed by atoms with Crippen LogP contribution < -0.4 is 11.0 Å². The molecule has 0 fully saturated rings. The Hall–Kier alpha value is -3.00. The normalized spacial score (nSPS) is 10.7. The number of carbonyl (C=O) groups excluding carboxylic acids is 1. The molecule has 0 bridgehead atoms. The van der Waals surface area contributed by atoms with Crippen LogP contribution in [-0.2, 0) is 17.8 Å². The van der Waals surface area contributed by atoms with E-state index in [0.29, 0.717) is 23.7 Å². The lowest BCUT2D eigenvalue weighted by Gasteiger charge is -2.05. The number of rotatable bonds is 6. The van der Waals surface area contributed by atoms with Crippen LogP contribution in [0.4, 0.5) is 4.39 Å². The third-order valence-electron chi connectivity index (χ3n) is 3.66. The second kappa shape index (κ2) is 7.92. The van der Waals surface area contributed by atoms with Crippen molar-refractivity contribution in [2.75, 3.05) is 6.54 Å². The molecule has 1 N–H and O–H groups in total. The van der Waals surface area contributed by atoms with Gasteiger partial charge < -0.3 is 5.32 Å². The Kier molecular flexibility index (Phi) is 5.43. The molecule has 0 atom stereocenters. The van der Waals surface area contributed by atoms with Crippen molar-refractivity contribution in [3.8, 4) is 5.69 Å². The van der Waals surface area contributed by atoms with Gasteiger partial charge in [-0.2, -0.15) is 9.36 Å². The van der Waals surface area contributed by atoms with Crippen molar-refractivity contribution in [2.24, 2.45) is 0 Å². The van der Waals surface area contributed by atoms with E-state index in [0.717, 1.165) is 14.9 Å². The quantitative estimate of drug-likeness (QED) is 0.709. The van der Waals surface area contributed by atoms with Crippen LogP contribution in [0.1, 0.15) is 5.56 Å². The highest BCUT2D eigenvalue weighted by Crippen LogP contribution is 2.16. The summed E-state index contributed by atoms with van der Waals surface area (Å²) >= 11 is 6.04. The molecule has 0 aliphatic heterocycles. The van der Waals surface area contributed by atoms with Crippen molar-refractivity contribution in [3.63, 3.8) is 0 Å². The SMILES string of the molecule is O=C(Cn1nnn(-c2ccccc2Cl)c1=O)NCCc1ccc(F)cc1. The minimum absolute atomic E-state index is 0.257. The Bertz CT molecular complexity index is 968. The smallest absolute Gasteiger partial charge is 0.354 e. The van der Waals surface area contributed by atoms with E-state index < -0.39 is 5.69 Å². The Morgan fingerprint density at radius 3 is 2.58 bits per heavy atom. The van der Waals surface area contributed by atoms with Gasteiger partial charge in [0.2, 0.25) is 5.91 Å². The first-order valence-electron chi connectivity index (χ1n) is 7.83. The molecule has 0 aliphatic carbocycles. The van der Waals surface area contributed by atoms with E-state index in [1.807, 2.05) is 0 Å². The van der Waals surface area contributed by atoms with E-state index in [-0.39, 0.29) is 18.3 Å². The van der Waals surface area contributed by atoms with Crippen molar-refractivity contribution >= 4 is 17.5 Å². The second-order valence-electron chi connectivity index (χ2n) is 5.51. The van der Waals surface area contributed by atoms with Crippen molar-refractivity contribution in [1.29, 1.82) is 0 Å². The average Bonchev–Trinajstić information content (AvgIpc) is 2.98. The number of halogens is 2. The van der Waals surface area contributed by atoms with Crippen LogP contribution >= 0.6 is 11.6 Å². The molecule has 2 aromatic carbocycles. The molecule has 26 heavy (non-hydrogen) atoms. The van der Waals surface area contributed by atoms with E-state index in [9.17, 15) is 14.0 Å². The van der Waals surface area contributed by atoms with Crippen molar-refractivity contribution in [2.45, 2.75) is 13.0 Å². The third-order valence-corrected chi connectivity index (χ3v) is 3.98. The Morgan fingerprint density at radius 2 is 1.85 bits per heavy atom. The highest BCUT2D eigenvalue weighted by atomic mass is 35.5. The summed E-state index contributed by atoms with van der Waals surface area (Å²) in [4.78, 5) is 24.3. The van der Waals surface area contributed by atoms with Gasteiger partial charge in [0.1, 0.15) is 12.4 Å². The van der Waals surface area contributed by atoms with Crippen LogP contribution in [-0.4, -0.2) is 32.2 Å². The van der Waals surface area contributed by atoms with E-state index in [1.54, 1.807) is 36.4 Å². The number of aromatic nitrogens is 4. The van der Waals surface area contributed by atoms with Crippen LogP contribution in [0.25, 0.3) is 5.69 Å². The number of nitrogens with zero attached hydrogens (tertiary/aromatic N) is 4. The fourth-order valence-electron chi connectivity index (χ4n) is 2.34. The van der Waals surface area contributed by atoms with Crippen LogP contribution in [0.5, 0.6) is 0 Å². The first-order chi connectivity index (χ1) is 12.5. The van der Waals surface area contributed by atoms with Crippen molar-refractivity contribution in [3.05, 3.63) is 75.4 Å². The molecule has 0 saturated heterocycles. The molecule has 0 unspecified atom stereocenters. The van der Waals surface area contributed by atoms with E-state index in [4.69, 9.17) is 11.6 Å². The number of benzene rings is 2. The average molecular weight is 376 g/mol. The number of tetrazole rings is 1. The van der Waals surface area contributed by atoms with Gasteiger partial charge in [-0.15, -0.1) is 0 Å². The molecule has 0 saturated carbocycles. The van der Waals surface area contributed by atoms with Crippen LogP contribution in [0.3, 0.4) is 0 Å². The van der Waals surface area contributed by atoms with Crippen molar-refractivity contribution < 1.29 is 9.18 Å². The minimum Gasteiger partial charge on any atom is -0.354 e.